The van der Waals surface area contributed by atoms with Crippen LogP contribution in [0.4, 0.5) is 5.82 Å². The lowest BCUT2D eigenvalue weighted by atomic mass is 10.1. The normalized spacial score (nSPS) is 10.7. The average Bonchev–Trinajstić information content (AvgIpc) is 2.80. The first-order valence-corrected chi connectivity index (χ1v) is 11.9. The van der Waals surface area contributed by atoms with Gasteiger partial charge in [0.2, 0.25) is 5.82 Å². The Labute approximate surface area is 187 Å². The molecule has 0 amide bonds. The second-order valence-electron chi connectivity index (χ2n) is 7.95. The van der Waals surface area contributed by atoms with E-state index >= 15 is 0 Å². The first-order valence-electron chi connectivity index (χ1n) is 11.9. The van der Waals surface area contributed by atoms with Crippen LogP contribution in [-0.2, 0) is 9.59 Å². The number of nitrogens with one attached hydrogen (secondary N) is 1. The van der Waals surface area contributed by atoms with Crippen LogP contribution >= 0.6 is 0 Å². The van der Waals surface area contributed by atoms with Gasteiger partial charge in [-0.3, -0.25) is 0 Å². The molecule has 31 heavy (non-hydrogen) atoms. The van der Waals surface area contributed by atoms with Gasteiger partial charge in [0.05, 0.1) is 0 Å². The van der Waals surface area contributed by atoms with Crippen molar-refractivity contribution in [3.8, 4) is 6.07 Å². The highest BCUT2D eigenvalue weighted by molar-refractivity contribution is 5.49. The number of nitrogens with zero attached hydrogens (tertiary/aromatic N) is 4. The Hall–Kier alpha value is -2.33. The molecule has 1 aromatic heterocycles. The van der Waals surface area contributed by atoms with E-state index < -0.39 is 0 Å². The Morgan fingerprint density at radius 2 is 1.39 bits per heavy atom. The fourth-order valence-electron chi connectivity index (χ4n) is 3.55. The van der Waals surface area contributed by atoms with E-state index in [1.165, 1.54) is 38.5 Å². The van der Waals surface area contributed by atoms with Crippen molar-refractivity contribution in [2.24, 2.45) is 0 Å². The van der Waals surface area contributed by atoms with Crippen molar-refractivity contribution >= 4 is 18.4 Å². The van der Waals surface area contributed by atoms with Crippen molar-refractivity contribution in [1.82, 2.24) is 14.9 Å². The van der Waals surface area contributed by atoms with E-state index in [9.17, 15) is 9.59 Å². The number of anilines is 1. The maximum Gasteiger partial charge on any atom is 0.234 e. The number of aldehydes is 2. The van der Waals surface area contributed by atoms with E-state index in [1.807, 2.05) is 6.07 Å². The smallest absolute Gasteiger partial charge is 0.234 e. The van der Waals surface area contributed by atoms with Crippen LogP contribution in [0.5, 0.6) is 0 Å². The van der Waals surface area contributed by atoms with Crippen molar-refractivity contribution in [3.63, 3.8) is 0 Å². The molecular formula is C24H39N5O2. The molecule has 172 valence electrons. The van der Waals surface area contributed by atoms with E-state index in [1.54, 1.807) is 12.3 Å². The van der Waals surface area contributed by atoms with Gasteiger partial charge in [0.25, 0.3) is 0 Å². The van der Waals surface area contributed by atoms with E-state index in [0.717, 1.165) is 70.9 Å². The lowest BCUT2D eigenvalue weighted by molar-refractivity contribution is -0.108. The summed E-state index contributed by atoms with van der Waals surface area (Å²) in [7, 11) is 0. The van der Waals surface area contributed by atoms with Gasteiger partial charge in [0.1, 0.15) is 24.5 Å². The SMILES string of the molecule is N#Cc1nccc(NCCCN(CCCCCCCC=O)CCCCCCCC=O)n1. The summed E-state index contributed by atoms with van der Waals surface area (Å²) >= 11 is 0. The summed E-state index contributed by atoms with van der Waals surface area (Å²) in [5.74, 6) is 0.886. The summed E-state index contributed by atoms with van der Waals surface area (Å²) < 4.78 is 0. The standard InChI is InChI=1S/C24H39N5O2/c25-22-24-27-16-14-23(28-24)26-15-13-19-29(17-9-5-1-3-7-11-20-30)18-10-6-2-4-8-12-21-31/h14,16,20-21H,1-13,15,17-19H2,(H,26,27,28). The minimum Gasteiger partial charge on any atom is -0.370 e. The first kappa shape index (κ1) is 26.7. The minimum absolute atomic E-state index is 0.188. The number of carbonyl (C=O) groups excluding carboxylic acids is 2. The Balaban J connectivity index is 2.26. The van der Waals surface area contributed by atoms with E-state index in [0.29, 0.717) is 18.7 Å². The molecule has 0 aliphatic rings. The Bertz CT molecular complexity index is 611. The summed E-state index contributed by atoms with van der Waals surface area (Å²) in [6.07, 6.45) is 17.6. The zero-order valence-corrected chi connectivity index (χ0v) is 18.9. The predicted molar refractivity (Wildman–Crippen MR) is 124 cm³/mol. The Morgan fingerprint density at radius 1 is 0.839 bits per heavy atom. The molecule has 0 aliphatic carbocycles. The van der Waals surface area contributed by atoms with Crippen molar-refractivity contribution in [2.75, 3.05) is 31.5 Å². The molecule has 0 spiro atoms. The van der Waals surface area contributed by atoms with Crippen LogP contribution in [0.2, 0.25) is 0 Å². The molecule has 1 rings (SSSR count). The second-order valence-corrected chi connectivity index (χ2v) is 7.95. The fraction of sp³-hybridized carbons (Fsp3) is 0.708. The van der Waals surface area contributed by atoms with Crippen LogP contribution in [0.15, 0.2) is 12.3 Å². The van der Waals surface area contributed by atoms with Crippen molar-refractivity contribution < 1.29 is 9.59 Å². The molecule has 0 aliphatic heterocycles. The van der Waals surface area contributed by atoms with Crippen molar-refractivity contribution in [2.45, 2.75) is 83.5 Å². The zero-order valence-electron chi connectivity index (χ0n) is 18.9. The molecule has 0 aromatic carbocycles. The molecule has 0 radical (unpaired) electrons. The van der Waals surface area contributed by atoms with Gasteiger partial charge in [-0.25, -0.2) is 9.97 Å². The van der Waals surface area contributed by atoms with Gasteiger partial charge < -0.3 is 19.8 Å². The Kier molecular flexibility index (Phi) is 16.9. The highest BCUT2D eigenvalue weighted by Crippen LogP contribution is 2.09. The molecule has 0 saturated carbocycles. The van der Waals surface area contributed by atoms with E-state index in [4.69, 9.17) is 5.26 Å². The van der Waals surface area contributed by atoms with Crippen LogP contribution in [0.3, 0.4) is 0 Å². The van der Waals surface area contributed by atoms with Gasteiger partial charge in [-0.1, -0.05) is 38.5 Å². The number of rotatable bonds is 21. The zero-order chi connectivity index (χ0) is 22.4. The summed E-state index contributed by atoms with van der Waals surface area (Å²) in [6.45, 7) is 4.09. The summed E-state index contributed by atoms with van der Waals surface area (Å²) in [5.41, 5.74) is 0. The molecule has 0 saturated heterocycles. The van der Waals surface area contributed by atoms with Crippen molar-refractivity contribution in [3.05, 3.63) is 18.1 Å². The number of carbonyl (C=O) groups is 2. The van der Waals surface area contributed by atoms with Gasteiger partial charge in [-0.2, -0.15) is 5.26 Å². The molecule has 0 bridgehead atoms. The van der Waals surface area contributed by atoms with Gasteiger partial charge in [-0.15, -0.1) is 0 Å². The maximum absolute atomic E-state index is 10.4. The average molecular weight is 430 g/mol. The number of nitriles is 1. The lowest BCUT2D eigenvalue weighted by Gasteiger charge is -2.22. The number of hydrogen-bond acceptors (Lipinski definition) is 7. The summed E-state index contributed by atoms with van der Waals surface area (Å²) in [6, 6.07) is 3.75. The Morgan fingerprint density at radius 3 is 1.97 bits per heavy atom. The first-order chi connectivity index (χ1) is 15.3. The fourth-order valence-corrected chi connectivity index (χ4v) is 3.55. The van der Waals surface area contributed by atoms with Crippen LogP contribution in [0, 0.1) is 11.3 Å². The summed E-state index contributed by atoms with van der Waals surface area (Å²) in [4.78, 5) is 31.4. The molecular weight excluding hydrogens is 390 g/mol. The van der Waals surface area contributed by atoms with Gasteiger partial charge in [0.15, 0.2) is 0 Å². The third-order valence-electron chi connectivity index (χ3n) is 5.31. The van der Waals surface area contributed by atoms with Gasteiger partial charge >= 0.3 is 0 Å². The molecule has 7 nitrogen and oxygen atoms in total. The molecule has 1 aromatic rings. The third-order valence-corrected chi connectivity index (χ3v) is 5.31. The topological polar surface area (TPSA) is 99.0 Å². The van der Waals surface area contributed by atoms with Gasteiger partial charge in [0, 0.05) is 25.6 Å². The molecule has 0 unspecified atom stereocenters. The molecule has 0 fully saturated rings. The van der Waals surface area contributed by atoms with Crippen molar-refractivity contribution in [1.29, 1.82) is 5.26 Å². The third kappa shape index (κ3) is 15.2. The van der Waals surface area contributed by atoms with Crippen LogP contribution in [0.25, 0.3) is 0 Å². The largest absolute Gasteiger partial charge is 0.370 e. The van der Waals surface area contributed by atoms with E-state index in [-0.39, 0.29) is 5.82 Å². The highest BCUT2D eigenvalue weighted by Gasteiger charge is 2.05. The monoisotopic (exact) mass is 429 g/mol. The minimum atomic E-state index is 0.188. The molecule has 0 atom stereocenters. The molecule has 1 heterocycles. The van der Waals surface area contributed by atoms with Crippen LogP contribution in [-0.4, -0.2) is 53.6 Å². The molecule has 7 heteroatoms. The second kappa shape index (κ2) is 19.6. The summed E-state index contributed by atoms with van der Waals surface area (Å²) in [5, 5.41) is 12.2. The van der Waals surface area contributed by atoms with E-state index in [2.05, 4.69) is 20.2 Å². The van der Waals surface area contributed by atoms with Crippen LogP contribution < -0.4 is 5.32 Å². The molecule has 1 N–H and O–H groups in total. The number of aromatic nitrogens is 2. The van der Waals surface area contributed by atoms with Gasteiger partial charge in [-0.05, 0) is 57.8 Å². The lowest BCUT2D eigenvalue weighted by Crippen LogP contribution is -2.28. The maximum atomic E-state index is 10.4. The highest BCUT2D eigenvalue weighted by atomic mass is 16.1. The number of hydrogen-bond donors (Lipinski definition) is 1. The quantitative estimate of drug-likeness (QED) is 0.226. The van der Waals surface area contributed by atoms with Crippen LogP contribution in [0.1, 0.15) is 89.3 Å². The predicted octanol–water partition coefficient (Wildman–Crippen LogP) is 4.53. The number of unbranched alkanes of at least 4 members (excludes halogenated alkanes) is 10.